The summed E-state index contributed by atoms with van der Waals surface area (Å²) in [5.74, 6) is 0.260. The van der Waals surface area contributed by atoms with Crippen LogP contribution in [-0.4, -0.2) is 11.7 Å². The minimum Gasteiger partial charge on any atom is -0.326 e. The second kappa shape index (κ2) is 7.55. The number of hydrogen-bond acceptors (Lipinski definition) is 3. The van der Waals surface area contributed by atoms with Gasteiger partial charge < -0.3 is 5.32 Å². The Morgan fingerprint density at radius 1 is 1.09 bits per heavy atom. The first-order valence-electron chi connectivity index (χ1n) is 7.87. The molecule has 0 fully saturated rings. The highest BCUT2D eigenvalue weighted by atomic mass is 32.1. The Kier molecular flexibility index (Phi) is 5.72. The van der Waals surface area contributed by atoms with E-state index in [2.05, 4.69) is 19.2 Å². The Morgan fingerprint density at radius 3 is 2.43 bits per heavy atom. The molecule has 4 heteroatoms. The number of thiophene rings is 1. The zero-order valence-electron chi connectivity index (χ0n) is 14.1. The third-order valence-corrected chi connectivity index (χ3v) is 4.83. The van der Waals surface area contributed by atoms with E-state index in [1.54, 1.807) is 0 Å². The summed E-state index contributed by atoms with van der Waals surface area (Å²) >= 11 is 1.48. The van der Waals surface area contributed by atoms with Crippen molar-refractivity contribution in [1.82, 2.24) is 0 Å². The van der Waals surface area contributed by atoms with Gasteiger partial charge in [0.1, 0.15) is 0 Å². The van der Waals surface area contributed by atoms with Crippen LogP contribution in [0.1, 0.15) is 58.3 Å². The molecule has 23 heavy (non-hydrogen) atoms. The highest BCUT2D eigenvalue weighted by Gasteiger charge is 2.14. The predicted molar refractivity (Wildman–Crippen MR) is 96.5 cm³/mol. The van der Waals surface area contributed by atoms with Gasteiger partial charge in [-0.05, 0) is 43.0 Å². The molecular formula is C19H23NO2S. The third-order valence-electron chi connectivity index (χ3n) is 3.79. The van der Waals surface area contributed by atoms with Gasteiger partial charge in [0, 0.05) is 23.4 Å². The lowest BCUT2D eigenvalue weighted by Gasteiger charge is -2.16. The van der Waals surface area contributed by atoms with Gasteiger partial charge in [0.15, 0.2) is 5.78 Å². The number of aryl methyl sites for hydroxylation is 2. The van der Waals surface area contributed by atoms with Crippen LogP contribution in [0.2, 0.25) is 0 Å². The standard InChI is InChI=1S/C19H23NO2S/c1-12(2)15-7-5-6-13(3)19(15)20-18(22)11-9-16(21)17-10-8-14(4)23-17/h5-8,10,12H,9,11H2,1-4H3,(H,20,22). The molecule has 3 nitrogen and oxygen atoms in total. The van der Waals surface area contributed by atoms with Crippen LogP contribution in [0, 0.1) is 13.8 Å². The van der Waals surface area contributed by atoms with Crippen molar-refractivity contribution in [1.29, 1.82) is 0 Å². The summed E-state index contributed by atoms with van der Waals surface area (Å²) in [7, 11) is 0. The van der Waals surface area contributed by atoms with Gasteiger partial charge in [-0.2, -0.15) is 0 Å². The summed E-state index contributed by atoms with van der Waals surface area (Å²) in [5, 5.41) is 2.98. The average Bonchev–Trinajstić information content (AvgIpc) is 2.93. The zero-order valence-corrected chi connectivity index (χ0v) is 14.9. The molecule has 0 aliphatic heterocycles. The Hall–Kier alpha value is -1.94. The van der Waals surface area contributed by atoms with Gasteiger partial charge in [-0.3, -0.25) is 9.59 Å². The van der Waals surface area contributed by atoms with Gasteiger partial charge in [0.2, 0.25) is 5.91 Å². The smallest absolute Gasteiger partial charge is 0.224 e. The molecular weight excluding hydrogens is 306 g/mol. The lowest BCUT2D eigenvalue weighted by atomic mass is 9.98. The Bertz CT molecular complexity index is 716. The van der Waals surface area contributed by atoms with Gasteiger partial charge in [0.25, 0.3) is 0 Å². The number of carbonyl (C=O) groups is 2. The number of para-hydroxylation sites is 1. The molecule has 0 unspecified atom stereocenters. The van der Waals surface area contributed by atoms with Gasteiger partial charge in [-0.1, -0.05) is 32.0 Å². The Labute approximate surface area is 141 Å². The van der Waals surface area contributed by atoms with Crippen LogP contribution in [-0.2, 0) is 4.79 Å². The van der Waals surface area contributed by atoms with Crippen LogP contribution in [0.3, 0.4) is 0 Å². The lowest BCUT2D eigenvalue weighted by Crippen LogP contribution is -2.15. The number of ketones is 1. The number of amides is 1. The van der Waals surface area contributed by atoms with Crippen molar-refractivity contribution in [2.24, 2.45) is 0 Å². The van der Waals surface area contributed by atoms with E-state index < -0.39 is 0 Å². The van der Waals surface area contributed by atoms with Crippen LogP contribution in [0.15, 0.2) is 30.3 Å². The van der Waals surface area contributed by atoms with Gasteiger partial charge in [-0.25, -0.2) is 0 Å². The third kappa shape index (κ3) is 4.52. The number of anilines is 1. The number of rotatable bonds is 6. The maximum absolute atomic E-state index is 12.2. The molecule has 1 amide bonds. The highest BCUT2D eigenvalue weighted by Crippen LogP contribution is 2.27. The summed E-state index contributed by atoms with van der Waals surface area (Å²) in [6.07, 6.45) is 0.455. The predicted octanol–water partition coefficient (Wildman–Crippen LogP) is 5.09. The molecule has 0 saturated heterocycles. The SMILES string of the molecule is Cc1ccc(C(=O)CCC(=O)Nc2c(C)cccc2C(C)C)s1. The fourth-order valence-electron chi connectivity index (χ4n) is 2.48. The maximum Gasteiger partial charge on any atom is 0.224 e. The van der Waals surface area contributed by atoms with E-state index >= 15 is 0 Å². The maximum atomic E-state index is 12.2. The molecule has 1 N–H and O–H groups in total. The number of hydrogen-bond donors (Lipinski definition) is 1. The molecule has 0 atom stereocenters. The Morgan fingerprint density at radius 2 is 1.83 bits per heavy atom. The Balaban J connectivity index is 1.99. The van der Waals surface area contributed by atoms with Crippen LogP contribution in [0.25, 0.3) is 0 Å². The van der Waals surface area contributed by atoms with Crippen molar-refractivity contribution < 1.29 is 9.59 Å². The van der Waals surface area contributed by atoms with E-state index in [9.17, 15) is 9.59 Å². The summed E-state index contributed by atoms with van der Waals surface area (Å²) in [6.45, 7) is 8.17. The monoisotopic (exact) mass is 329 g/mol. The van der Waals surface area contributed by atoms with Crippen molar-refractivity contribution in [2.45, 2.75) is 46.5 Å². The van der Waals surface area contributed by atoms with E-state index in [0.29, 0.717) is 5.92 Å². The van der Waals surface area contributed by atoms with Crippen LogP contribution in [0.5, 0.6) is 0 Å². The van der Waals surface area contributed by atoms with Crippen LogP contribution < -0.4 is 5.32 Å². The molecule has 0 saturated carbocycles. The van der Waals surface area contributed by atoms with Gasteiger partial charge in [0.05, 0.1) is 4.88 Å². The number of Topliss-reactive ketones (excluding diaryl/α,β-unsaturated/α-hetero) is 1. The molecule has 0 bridgehead atoms. The summed E-state index contributed by atoms with van der Waals surface area (Å²) < 4.78 is 0. The molecule has 2 aromatic rings. The van der Waals surface area contributed by atoms with Gasteiger partial charge >= 0.3 is 0 Å². The summed E-state index contributed by atoms with van der Waals surface area (Å²) in [5.41, 5.74) is 3.05. The minimum atomic E-state index is -0.108. The molecule has 1 aromatic carbocycles. The molecule has 0 aliphatic rings. The topological polar surface area (TPSA) is 46.2 Å². The molecule has 122 valence electrons. The van der Waals surface area contributed by atoms with E-state index in [0.717, 1.165) is 26.6 Å². The average molecular weight is 329 g/mol. The first-order chi connectivity index (χ1) is 10.9. The molecule has 1 aromatic heterocycles. The highest BCUT2D eigenvalue weighted by molar-refractivity contribution is 7.14. The molecule has 2 rings (SSSR count). The fourth-order valence-corrected chi connectivity index (χ4v) is 3.31. The van der Waals surface area contributed by atoms with Crippen molar-refractivity contribution >= 4 is 28.7 Å². The van der Waals surface area contributed by atoms with Crippen LogP contribution in [0.4, 0.5) is 5.69 Å². The molecule has 0 spiro atoms. The lowest BCUT2D eigenvalue weighted by molar-refractivity contribution is -0.116. The minimum absolute atomic E-state index is 0.0344. The first-order valence-corrected chi connectivity index (χ1v) is 8.69. The number of nitrogens with one attached hydrogen (secondary N) is 1. The quantitative estimate of drug-likeness (QED) is 0.750. The zero-order chi connectivity index (χ0) is 17.0. The molecule has 0 aliphatic carbocycles. The van der Waals surface area contributed by atoms with E-state index in [4.69, 9.17) is 0 Å². The molecule has 0 radical (unpaired) electrons. The fraction of sp³-hybridized carbons (Fsp3) is 0.368. The van der Waals surface area contributed by atoms with E-state index in [1.807, 2.05) is 44.2 Å². The second-order valence-electron chi connectivity index (χ2n) is 6.08. The van der Waals surface area contributed by atoms with Crippen molar-refractivity contribution in [3.8, 4) is 0 Å². The normalized spacial score (nSPS) is 10.8. The largest absolute Gasteiger partial charge is 0.326 e. The molecule has 1 heterocycles. The van der Waals surface area contributed by atoms with Crippen molar-refractivity contribution in [3.05, 3.63) is 51.2 Å². The summed E-state index contributed by atoms with van der Waals surface area (Å²) in [6, 6.07) is 9.79. The van der Waals surface area contributed by atoms with Crippen molar-refractivity contribution in [3.63, 3.8) is 0 Å². The summed E-state index contributed by atoms with van der Waals surface area (Å²) in [4.78, 5) is 26.1. The number of benzene rings is 1. The second-order valence-corrected chi connectivity index (χ2v) is 7.36. The van der Waals surface area contributed by atoms with E-state index in [1.165, 1.54) is 11.3 Å². The van der Waals surface area contributed by atoms with Gasteiger partial charge in [-0.15, -0.1) is 11.3 Å². The number of carbonyl (C=O) groups excluding carboxylic acids is 2. The first kappa shape index (κ1) is 17.4. The van der Waals surface area contributed by atoms with E-state index in [-0.39, 0.29) is 24.5 Å². The van der Waals surface area contributed by atoms with Crippen molar-refractivity contribution in [2.75, 3.05) is 5.32 Å². The van der Waals surface area contributed by atoms with Crippen LogP contribution >= 0.6 is 11.3 Å².